The van der Waals surface area contributed by atoms with Gasteiger partial charge in [-0.2, -0.15) is 5.26 Å². The number of hydrogen-bond donors (Lipinski definition) is 1. The highest BCUT2D eigenvalue weighted by Gasteiger charge is 2.23. The number of hydrogen-bond acceptors (Lipinski definition) is 6. The van der Waals surface area contributed by atoms with E-state index in [1.807, 2.05) is 18.4 Å². The van der Waals surface area contributed by atoms with Crippen LogP contribution < -0.4 is 5.32 Å². The van der Waals surface area contributed by atoms with E-state index in [9.17, 15) is 4.79 Å². The van der Waals surface area contributed by atoms with Crippen LogP contribution in [0.2, 0.25) is 0 Å². The average molecular weight is 264 g/mol. The molecule has 0 aliphatic carbocycles. The van der Waals surface area contributed by atoms with Crippen molar-refractivity contribution in [2.45, 2.75) is 12.8 Å². The first-order chi connectivity index (χ1) is 8.20. The van der Waals surface area contributed by atoms with Gasteiger partial charge in [-0.1, -0.05) is 0 Å². The van der Waals surface area contributed by atoms with E-state index in [4.69, 9.17) is 5.26 Å². The van der Waals surface area contributed by atoms with E-state index in [1.165, 1.54) is 22.7 Å². The fourth-order valence-electron chi connectivity index (χ4n) is 1.19. The van der Waals surface area contributed by atoms with E-state index in [0.29, 0.717) is 10.1 Å². The van der Waals surface area contributed by atoms with Gasteiger partial charge in [0, 0.05) is 22.7 Å². The Labute approximate surface area is 106 Å². The molecule has 17 heavy (non-hydrogen) atoms. The molecule has 0 aliphatic heterocycles. The van der Waals surface area contributed by atoms with E-state index < -0.39 is 11.8 Å². The highest BCUT2D eigenvalue weighted by molar-refractivity contribution is 7.13. The second-order valence-corrected chi connectivity index (χ2v) is 5.00. The number of carbonyl (C=O) groups is 1. The molecule has 0 aromatic carbocycles. The number of carbonyl (C=O) groups excluding carboxylic acids is 1. The normalized spacial score (nSPS) is 11.8. The first-order valence-electron chi connectivity index (χ1n) is 4.72. The van der Waals surface area contributed by atoms with Crippen LogP contribution in [0.1, 0.15) is 16.6 Å². The number of rotatable bonds is 3. The standard InChI is InChI=1S/C10H8N4OS2/c1-6-5-17-9(13-6)7(4-11)8(15)14-10-12-2-3-16-10/h2-3,5,7H,1H3,(H,12,14,15). The van der Waals surface area contributed by atoms with Crippen molar-refractivity contribution in [3.8, 4) is 6.07 Å². The zero-order valence-electron chi connectivity index (χ0n) is 8.88. The Morgan fingerprint density at radius 1 is 1.59 bits per heavy atom. The van der Waals surface area contributed by atoms with E-state index >= 15 is 0 Å². The lowest BCUT2D eigenvalue weighted by molar-refractivity contribution is -0.116. The Hall–Kier alpha value is -1.78. The lowest BCUT2D eigenvalue weighted by Crippen LogP contribution is -2.19. The molecule has 0 bridgehead atoms. The molecule has 0 saturated carbocycles. The maximum Gasteiger partial charge on any atom is 0.250 e. The zero-order chi connectivity index (χ0) is 12.3. The average Bonchev–Trinajstić information content (AvgIpc) is 2.91. The molecule has 0 saturated heterocycles. The van der Waals surface area contributed by atoms with E-state index in [0.717, 1.165) is 5.69 Å². The second-order valence-electron chi connectivity index (χ2n) is 3.22. The fraction of sp³-hybridized carbons (Fsp3) is 0.200. The van der Waals surface area contributed by atoms with Gasteiger partial charge in [0.2, 0.25) is 0 Å². The van der Waals surface area contributed by atoms with Crippen LogP contribution in [0.3, 0.4) is 0 Å². The predicted octanol–water partition coefficient (Wildman–Crippen LogP) is 2.15. The second kappa shape index (κ2) is 5.03. The first kappa shape index (κ1) is 11.7. The summed E-state index contributed by atoms with van der Waals surface area (Å²) in [6, 6.07) is 1.96. The molecular formula is C10H8N4OS2. The number of nitriles is 1. The molecule has 0 radical (unpaired) electrons. The minimum Gasteiger partial charge on any atom is -0.300 e. The van der Waals surface area contributed by atoms with Gasteiger partial charge in [-0.25, -0.2) is 9.97 Å². The molecule has 2 heterocycles. The summed E-state index contributed by atoms with van der Waals surface area (Å²) in [5, 5.41) is 16.2. The summed E-state index contributed by atoms with van der Waals surface area (Å²) in [6.45, 7) is 1.83. The maximum atomic E-state index is 11.9. The molecule has 1 amide bonds. The highest BCUT2D eigenvalue weighted by Crippen LogP contribution is 2.22. The Balaban J connectivity index is 2.14. The summed E-state index contributed by atoms with van der Waals surface area (Å²) in [5.74, 6) is -1.27. The molecule has 7 heteroatoms. The van der Waals surface area contributed by atoms with Gasteiger partial charge in [-0.3, -0.25) is 4.79 Å². The van der Waals surface area contributed by atoms with Crippen LogP contribution in [0.15, 0.2) is 17.0 Å². The van der Waals surface area contributed by atoms with Crippen molar-refractivity contribution in [2.24, 2.45) is 0 Å². The molecule has 2 rings (SSSR count). The molecule has 1 unspecified atom stereocenters. The van der Waals surface area contributed by atoms with Gasteiger partial charge in [0.25, 0.3) is 5.91 Å². The molecule has 1 N–H and O–H groups in total. The van der Waals surface area contributed by atoms with Crippen molar-refractivity contribution in [3.63, 3.8) is 0 Å². The number of anilines is 1. The summed E-state index contributed by atoms with van der Waals surface area (Å²) in [7, 11) is 0. The van der Waals surface area contributed by atoms with Gasteiger partial charge in [0.05, 0.1) is 6.07 Å². The SMILES string of the molecule is Cc1csc(C(C#N)C(=O)Nc2nccs2)n1. The molecule has 0 aliphatic rings. The predicted molar refractivity (Wildman–Crippen MR) is 65.9 cm³/mol. The smallest absolute Gasteiger partial charge is 0.250 e. The molecule has 1 atom stereocenters. The minimum absolute atomic E-state index is 0.392. The molecular weight excluding hydrogens is 256 g/mol. The number of amides is 1. The Morgan fingerprint density at radius 3 is 2.94 bits per heavy atom. The Bertz CT molecular complexity index is 555. The zero-order valence-corrected chi connectivity index (χ0v) is 10.5. The molecule has 2 aromatic heterocycles. The monoisotopic (exact) mass is 264 g/mol. The van der Waals surface area contributed by atoms with Crippen molar-refractivity contribution >= 4 is 33.7 Å². The minimum atomic E-state index is -0.877. The van der Waals surface area contributed by atoms with Gasteiger partial charge >= 0.3 is 0 Å². The van der Waals surface area contributed by atoms with Gasteiger partial charge in [0.1, 0.15) is 5.01 Å². The lowest BCUT2D eigenvalue weighted by Gasteiger charge is -2.04. The van der Waals surface area contributed by atoms with Crippen LogP contribution in [-0.4, -0.2) is 15.9 Å². The van der Waals surface area contributed by atoms with Crippen LogP contribution in [0.25, 0.3) is 0 Å². The van der Waals surface area contributed by atoms with Crippen molar-refractivity contribution in [3.05, 3.63) is 27.7 Å². The quantitative estimate of drug-likeness (QED) is 0.921. The third-order valence-corrected chi connectivity index (χ3v) is 3.65. The number of thiazole rings is 2. The lowest BCUT2D eigenvalue weighted by atomic mass is 10.2. The summed E-state index contributed by atoms with van der Waals surface area (Å²) in [6.07, 6.45) is 1.59. The van der Waals surface area contributed by atoms with Gasteiger partial charge in [0.15, 0.2) is 11.0 Å². The first-order valence-corrected chi connectivity index (χ1v) is 6.48. The number of nitrogens with one attached hydrogen (secondary N) is 1. The summed E-state index contributed by atoms with van der Waals surface area (Å²) in [5.41, 5.74) is 0.812. The van der Waals surface area contributed by atoms with E-state index in [1.54, 1.807) is 11.6 Å². The third-order valence-electron chi connectivity index (χ3n) is 1.94. The van der Waals surface area contributed by atoms with Crippen LogP contribution in [0.4, 0.5) is 5.13 Å². The molecule has 0 fully saturated rings. The number of nitrogens with zero attached hydrogens (tertiary/aromatic N) is 3. The number of aromatic nitrogens is 2. The summed E-state index contributed by atoms with van der Waals surface area (Å²) >= 11 is 2.62. The van der Waals surface area contributed by atoms with Gasteiger partial charge in [-0.15, -0.1) is 22.7 Å². The largest absolute Gasteiger partial charge is 0.300 e. The summed E-state index contributed by atoms with van der Waals surface area (Å²) < 4.78 is 0. The maximum absolute atomic E-state index is 11.9. The van der Waals surface area contributed by atoms with E-state index in [-0.39, 0.29) is 0 Å². The molecule has 2 aromatic rings. The Kier molecular flexibility index (Phi) is 3.46. The van der Waals surface area contributed by atoms with Crippen molar-refractivity contribution in [1.29, 1.82) is 5.26 Å². The van der Waals surface area contributed by atoms with Crippen LogP contribution in [0.5, 0.6) is 0 Å². The Morgan fingerprint density at radius 2 is 2.41 bits per heavy atom. The summed E-state index contributed by atoms with van der Waals surface area (Å²) in [4.78, 5) is 19.9. The van der Waals surface area contributed by atoms with Crippen LogP contribution in [0, 0.1) is 18.3 Å². The van der Waals surface area contributed by atoms with Crippen LogP contribution >= 0.6 is 22.7 Å². The van der Waals surface area contributed by atoms with Gasteiger partial charge in [-0.05, 0) is 6.92 Å². The highest BCUT2D eigenvalue weighted by atomic mass is 32.1. The molecule has 5 nitrogen and oxygen atoms in total. The van der Waals surface area contributed by atoms with Gasteiger partial charge < -0.3 is 5.32 Å². The van der Waals surface area contributed by atoms with Crippen molar-refractivity contribution in [2.75, 3.05) is 5.32 Å². The fourth-order valence-corrected chi connectivity index (χ4v) is 2.56. The third kappa shape index (κ3) is 2.67. The van der Waals surface area contributed by atoms with E-state index in [2.05, 4.69) is 15.3 Å². The number of aryl methyl sites for hydroxylation is 1. The van der Waals surface area contributed by atoms with Crippen molar-refractivity contribution < 1.29 is 4.79 Å². The molecule has 0 spiro atoms. The topological polar surface area (TPSA) is 78.7 Å². The molecule has 86 valence electrons. The van der Waals surface area contributed by atoms with Crippen molar-refractivity contribution in [1.82, 2.24) is 9.97 Å². The van der Waals surface area contributed by atoms with Crippen LogP contribution in [-0.2, 0) is 4.79 Å².